The summed E-state index contributed by atoms with van der Waals surface area (Å²) < 4.78 is 15.0. The summed E-state index contributed by atoms with van der Waals surface area (Å²) in [5, 5.41) is 10.9. The van der Waals surface area contributed by atoms with Crippen molar-refractivity contribution in [3.63, 3.8) is 0 Å². The minimum absolute atomic E-state index is 0.0270. The second kappa shape index (κ2) is 11.9. The molecule has 0 saturated heterocycles. The van der Waals surface area contributed by atoms with E-state index in [1.54, 1.807) is 25.3 Å². The maximum Gasteiger partial charge on any atom is 0.271 e. The molecule has 1 aliphatic heterocycles. The van der Waals surface area contributed by atoms with Gasteiger partial charge in [0, 0.05) is 22.2 Å². The van der Waals surface area contributed by atoms with E-state index >= 15 is 0 Å². The fourth-order valence-electron chi connectivity index (χ4n) is 5.89. The van der Waals surface area contributed by atoms with Gasteiger partial charge in [-0.05, 0) is 83.1 Å². The highest BCUT2D eigenvalue weighted by atomic mass is 79.9. The largest absolute Gasteiger partial charge is 0.493 e. The van der Waals surface area contributed by atoms with Crippen molar-refractivity contribution in [3.8, 4) is 11.5 Å². The third kappa shape index (κ3) is 5.51. The molecule has 0 unspecified atom stereocenters. The molecular weight excluding hydrogens is 654 g/mol. The maximum absolute atomic E-state index is 14.1. The SMILES string of the molecule is COc1cc(/C=c2/sc3n(c2=O)[C@@H](c2ccc(Br)cc2)C2=C(N=3)c3ccccc3CC2)ccc1OCc1ccc([N+](=O)[O-])cc1. The first-order chi connectivity index (χ1) is 21.9. The van der Waals surface area contributed by atoms with Crippen LogP contribution in [0.2, 0.25) is 0 Å². The van der Waals surface area contributed by atoms with E-state index in [9.17, 15) is 14.9 Å². The number of aromatic nitrogens is 1. The molecule has 4 aromatic carbocycles. The van der Waals surface area contributed by atoms with E-state index in [0.29, 0.717) is 20.8 Å². The van der Waals surface area contributed by atoms with Crippen molar-refractivity contribution in [1.82, 2.24) is 4.57 Å². The molecule has 2 aliphatic rings. The molecule has 2 heterocycles. The Morgan fingerprint density at radius 3 is 2.56 bits per heavy atom. The first kappa shape index (κ1) is 28.9. The van der Waals surface area contributed by atoms with Gasteiger partial charge in [0.2, 0.25) is 0 Å². The van der Waals surface area contributed by atoms with E-state index in [4.69, 9.17) is 14.5 Å². The average molecular weight is 681 g/mol. The van der Waals surface area contributed by atoms with Crippen molar-refractivity contribution in [2.45, 2.75) is 25.5 Å². The maximum atomic E-state index is 14.1. The molecule has 8 nitrogen and oxygen atoms in total. The van der Waals surface area contributed by atoms with Crippen molar-refractivity contribution < 1.29 is 14.4 Å². The molecule has 224 valence electrons. The number of nitro benzene ring substituents is 1. The van der Waals surface area contributed by atoms with Crippen LogP contribution in [0.15, 0.2) is 111 Å². The lowest BCUT2D eigenvalue weighted by atomic mass is 9.83. The third-order valence-electron chi connectivity index (χ3n) is 8.09. The Morgan fingerprint density at radius 1 is 1.02 bits per heavy atom. The lowest BCUT2D eigenvalue weighted by Crippen LogP contribution is -2.38. The zero-order chi connectivity index (χ0) is 31.1. The molecule has 45 heavy (non-hydrogen) atoms. The first-order valence-electron chi connectivity index (χ1n) is 14.3. The smallest absolute Gasteiger partial charge is 0.271 e. The van der Waals surface area contributed by atoms with Crippen LogP contribution >= 0.6 is 27.3 Å². The second-order valence-electron chi connectivity index (χ2n) is 10.8. The van der Waals surface area contributed by atoms with E-state index in [1.165, 1.54) is 29.0 Å². The average Bonchev–Trinajstić information content (AvgIpc) is 3.37. The van der Waals surface area contributed by atoms with Crippen molar-refractivity contribution >= 4 is 44.7 Å². The van der Waals surface area contributed by atoms with Crippen molar-refractivity contribution in [1.29, 1.82) is 0 Å². The molecule has 0 radical (unpaired) electrons. The summed E-state index contributed by atoms with van der Waals surface area (Å²) in [6.07, 6.45) is 3.60. The molecule has 0 N–H and O–H groups in total. The summed E-state index contributed by atoms with van der Waals surface area (Å²) >= 11 is 4.93. The first-order valence-corrected chi connectivity index (χ1v) is 15.9. The number of thiazole rings is 1. The number of hydrogen-bond acceptors (Lipinski definition) is 7. The van der Waals surface area contributed by atoms with Crippen LogP contribution in [0.4, 0.5) is 5.69 Å². The Kier molecular flexibility index (Phi) is 7.68. The summed E-state index contributed by atoms with van der Waals surface area (Å²) in [6, 6.07) is 28.0. The lowest BCUT2D eigenvalue weighted by molar-refractivity contribution is -0.384. The van der Waals surface area contributed by atoms with Gasteiger partial charge in [0.1, 0.15) is 6.61 Å². The highest BCUT2D eigenvalue weighted by molar-refractivity contribution is 9.10. The number of nitro groups is 1. The Morgan fingerprint density at radius 2 is 1.80 bits per heavy atom. The molecule has 10 heteroatoms. The number of non-ortho nitro benzene ring substituents is 1. The Labute approximate surface area is 270 Å². The zero-order valence-electron chi connectivity index (χ0n) is 24.1. The van der Waals surface area contributed by atoms with Gasteiger partial charge >= 0.3 is 0 Å². The quantitative estimate of drug-likeness (QED) is 0.143. The van der Waals surface area contributed by atoms with Crippen LogP contribution < -0.4 is 24.4 Å². The number of halogens is 1. The highest BCUT2D eigenvalue weighted by Crippen LogP contribution is 2.41. The molecule has 7 rings (SSSR count). The van der Waals surface area contributed by atoms with Crippen molar-refractivity contribution in [3.05, 3.63) is 159 Å². The van der Waals surface area contributed by atoms with E-state index in [0.717, 1.165) is 50.8 Å². The summed E-state index contributed by atoms with van der Waals surface area (Å²) in [7, 11) is 1.56. The van der Waals surface area contributed by atoms with E-state index in [1.807, 2.05) is 41.0 Å². The number of benzene rings is 4. The molecule has 0 spiro atoms. The van der Waals surface area contributed by atoms with Gasteiger partial charge in [-0.15, -0.1) is 0 Å². The van der Waals surface area contributed by atoms with Crippen LogP contribution in [0.3, 0.4) is 0 Å². The highest BCUT2D eigenvalue weighted by Gasteiger charge is 2.32. The van der Waals surface area contributed by atoms with Gasteiger partial charge in [-0.1, -0.05) is 69.7 Å². The molecule has 1 aromatic heterocycles. The number of allylic oxidation sites excluding steroid dienone is 1. The third-order valence-corrected chi connectivity index (χ3v) is 9.60. The van der Waals surface area contributed by atoms with E-state index in [-0.39, 0.29) is 23.9 Å². The van der Waals surface area contributed by atoms with Crippen molar-refractivity contribution in [2.24, 2.45) is 4.99 Å². The zero-order valence-corrected chi connectivity index (χ0v) is 26.5. The number of ether oxygens (including phenoxy) is 2. The van der Waals surface area contributed by atoms with Crippen LogP contribution in [0.5, 0.6) is 11.5 Å². The van der Waals surface area contributed by atoms with Gasteiger partial charge < -0.3 is 9.47 Å². The molecule has 0 bridgehead atoms. The van der Waals surface area contributed by atoms with Gasteiger partial charge in [-0.25, -0.2) is 4.99 Å². The number of methoxy groups -OCH3 is 1. The van der Waals surface area contributed by atoms with E-state index in [2.05, 4.69) is 46.3 Å². The second-order valence-corrected chi connectivity index (χ2v) is 12.7. The normalized spacial score (nSPS) is 15.5. The van der Waals surface area contributed by atoms with Crippen molar-refractivity contribution in [2.75, 3.05) is 7.11 Å². The summed E-state index contributed by atoms with van der Waals surface area (Å²) in [4.78, 5) is 30.4. The lowest BCUT2D eigenvalue weighted by Gasteiger charge is -2.30. The Bertz CT molecular complexity index is 2170. The fraction of sp³-hybridized carbons (Fsp3) is 0.143. The molecule has 0 saturated carbocycles. The van der Waals surface area contributed by atoms with Crippen LogP contribution in [0, 0.1) is 10.1 Å². The number of nitrogens with zero attached hydrogens (tertiary/aromatic N) is 3. The van der Waals surface area contributed by atoms with Crippen LogP contribution in [0.25, 0.3) is 11.8 Å². The molecule has 1 aliphatic carbocycles. The fourth-order valence-corrected chi connectivity index (χ4v) is 7.15. The monoisotopic (exact) mass is 679 g/mol. The molecular formula is C35H26BrN3O5S. The minimum Gasteiger partial charge on any atom is -0.493 e. The van der Waals surface area contributed by atoms with Crippen LogP contribution in [0.1, 0.15) is 40.3 Å². The van der Waals surface area contributed by atoms with Crippen LogP contribution in [-0.4, -0.2) is 16.6 Å². The van der Waals surface area contributed by atoms with E-state index < -0.39 is 4.92 Å². The van der Waals surface area contributed by atoms with Gasteiger partial charge in [0.15, 0.2) is 16.3 Å². The number of aryl methyl sites for hydroxylation is 1. The number of fused-ring (bicyclic) bond motifs is 3. The molecule has 0 fully saturated rings. The van der Waals surface area contributed by atoms with Gasteiger partial charge in [0.25, 0.3) is 11.2 Å². The summed E-state index contributed by atoms with van der Waals surface area (Å²) in [5.74, 6) is 1.04. The van der Waals surface area contributed by atoms with Gasteiger partial charge in [-0.3, -0.25) is 19.5 Å². The van der Waals surface area contributed by atoms with Crippen LogP contribution in [-0.2, 0) is 13.0 Å². The molecule has 5 aromatic rings. The number of rotatable bonds is 7. The predicted octanol–water partition coefficient (Wildman–Crippen LogP) is 6.58. The topological polar surface area (TPSA) is 96.0 Å². The number of hydrogen-bond donors (Lipinski definition) is 0. The summed E-state index contributed by atoms with van der Waals surface area (Å²) in [5.41, 5.74) is 7.09. The predicted molar refractivity (Wildman–Crippen MR) is 177 cm³/mol. The van der Waals surface area contributed by atoms with Gasteiger partial charge in [0.05, 0.1) is 28.3 Å². The minimum atomic E-state index is -0.433. The standard InChI is InChI=1S/C35H26BrN3O5S/c1-43-30-18-22(8-17-29(30)44-20-21-6-14-26(15-7-21)39(41)42)19-31-34(40)38-33(24-9-12-25(36)13-10-24)28-16-11-23-4-2-3-5-27(23)32(28)37-35(38)45-31/h2-10,12-15,17-19,33H,11,16,20H2,1H3/b31-19+/t33-/m0/s1. The summed E-state index contributed by atoms with van der Waals surface area (Å²) in [6.45, 7) is 0.218. The Hall–Kier alpha value is -4.80. The Balaban J connectivity index is 1.26. The molecule has 0 amide bonds. The van der Waals surface area contributed by atoms with Gasteiger partial charge in [-0.2, -0.15) is 0 Å². The molecule has 1 atom stereocenters.